The zero-order valence-electron chi connectivity index (χ0n) is 13.1. The Labute approximate surface area is 135 Å². The number of piperidine rings is 1. The molecule has 2 rings (SSSR count). The molecule has 1 aromatic carbocycles. The topological polar surface area (TPSA) is 92.8 Å². The Morgan fingerprint density at radius 1 is 1.26 bits per heavy atom. The highest BCUT2D eigenvalue weighted by Crippen LogP contribution is 2.16. The van der Waals surface area contributed by atoms with Gasteiger partial charge in [0.25, 0.3) is 5.91 Å². The van der Waals surface area contributed by atoms with Gasteiger partial charge in [-0.05, 0) is 31.0 Å². The average Bonchev–Trinajstić information content (AvgIpc) is 2.46. The van der Waals surface area contributed by atoms with Gasteiger partial charge in [-0.3, -0.25) is 9.59 Å². The van der Waals surface area contributed by atoms with E-state index in [1.165, 1.54) is 23.6 Å². The van der Waals surface area contributed by atoms with Gasteiger partial charge < -0.3 is 10.1 Å². The first-order chi connectivity index (χ1) is 10.8. The van der Waals surface area contributed by atoms with Gasteiger partial charge in [0.05, 0.1) is 6.26 Å². The van der Waals surface area contributed by atoms with Gasteiger partial charge in [-0.25, -0.2) is 12.7 Å². The van der Waals surface area contributed by atoms with Crippen molar-refractivity contribution in [2.45, 2.75) is 25.8 Å². The van der Waals surface area contributed by atoms with Crippen LogP contribution in [0.5, 0.6) is 5.75 Å². The van der Waals surface area contributed by atoms with Crippen LogP contribution < -0.4 is 10.1 Å². The number of nitrogens with one attached hydrogen (secondary N) is 1. The molecule has 0 unspecified atom stereocenters. The van der Waals surface area contributed by atoms with Crippen LogP contribution in [0.4, 0.5) is 0 Å². The number of carbonyl (C=O) groups excluding carboxylic acids is 2. The van der Waals surface area contributed by atoms with Gasteiger partial charge >= 0.3 is 5.97 Å². The Kier molecular flexibility index (Phi) is 5.38. The van der Waals surface area contributed by atoms with E-state index in [4.69, 9.17) is 4.74 Å². The molecule has 0 aliphatic carbocycles. The van der Waals surface area contributed by atoms with E-state index in [0.29, 0.717) is 37.2 Å². The number of amides is 1. The number of sulfonamides is 1. The number of nitrogens with zero attached hydrogens (tertiary/aromatic N) is 1. The van der Waals surface area contributed by atoms with Gasteiger partial charge in [-0.2, -0.15) is 0 Å². The number of esters is 1. The molecule has 8 heteroatoms. The van der Waals surface area contributed by atoms with Gasteiger partial charge in [0, 0.05) is 31.6 Å². The lowest BCUT2D eigenvalue weighted by atomic mass is 10.1. The van der Waals surface area contributed by atoms with Crippen LogP contribution in [-0.4, -0.2) is 50.0 Å². The second-order valence-electron chi connectivity index (χ2n) is 5.53. The molecule has 1 aliphatic rings. The van der Waals surface area contributed by atoms with E-state index >= 15 is 0 Å². The summed E-state index contributed by atoms with van der Waals surface area (Å²) < 4.78 is 29.3. The summed E-state index contributed by atoms with van der Waals surface area (Å²) >= 11 is 0. The van der Waals surface area contributed by atoms with Crippen molar-refractivity contribution in [2.24, 2.45) is 0 Å². The van der Waals surface area contributed by atoms with Crippen LogP contribution in [-0.2, 0) is 14.8 Å². The third-order valence-corrected chi connectivity index (χ3v) is 4.92. The van der Waals surface area contributed by atoms with E-state index in [0.717, 1.165) is 0 Å². The third kappa shape index (κ3) is 5.04. The molecule has 1 amide bonds. The molecule has 1 heterocycles. The summed E-state index contributed by atoms with van der Waals surface area (Å²) in [6.45, 7) is 2.09. The maximum Gasteiger partial charge on any atom is 0.308 e. The second-order valence-corrected chi connectivity index (χ2v) is 7.51. The van der Waals surface area contributed by atoms with Crippen LogP contribution in [0.1, 0.15) is 30.1 Å². The monoisotopic (exact) mass is 340 g/mol. The quantitative estimate of drug-likeness (QED) is 0.645. The SMILES string of the molecule is CC(=O)Oc1cccc(C(=O)NC2CCN(S(C)(=O)=O)CC2)c1. The molecule has 1 aromatic rings. The van der Waals surface area contributed by atoms with Crippen LogP contribution in [0.25, 0.3) is 0 Å². The van der Waals surface area contributed by atoms with Gasteiger partial charge in [0.15, 0.2) is 0 Å². The summed E-state index contributed by atoms with van der Waals surface area (Å²) in [5, 5.41) is 2.89. The van der Waals surface area contributed by atoms with Crippen molar-refractivity contribution in [1.29, 1.82) is 0 Å². The fourth-order valence-electron chi connectivity index (χ4n) is 2.47. The van der Waals surface area contributed by atoms with Crippen LogP contribution >= 0.6 is 0 Å². The van der Waals surface area contributed by atoms with Crippen molar-refractivity contribution in [2.75, 3.05) is 19.3 Å². The van der Waals surface area contributed by atoms with Gasteiger partial charge in [-0.15, -0.1) is 0 Å². The highest BCUT2D eigenvalue weighted by Gasteiger charge is 2.26. The van der Waals surface area contributed by atoms with Crippen molar-refractivity contribution >= 4 is 21.9 Å². The molecule has 126 valence electrons. The maximum absolute atomic E-state index is 12.2. The molecule has 0 atom stereocenters. The molecule has 23 heavy (non-hydrogen) atoms. The molecule has 0 bridgehead atoms. The summed E-state index contributed by atoms with van der Waals surface area (Å²) in [6, 6.07) is 6.30. The molecular weight excluding hydrogens is 320 g/mol. The molecular formula is C15H20N2O5S. The number of rotatable bonds is 4. The Morgan fingerprint density at radius 3 is 2.48 bits per heavy atom. The summed E-state index contributed by atoms with van der Waals surface area (Å²) in [5.74, 6) is -0.399. The lowest BCUT2D eigenvalue weighted by molar-refractivity contribution is -0.131. The fourth-order valence-corrected chi connectivity index (χ4v) is 3.34. The molecule has 0 aromatic heterocycles. The normalized spacial score (nSPS) is 16.8. The molecule has 1 N–H and O–H groups in total. The minimum atomic E-state index is -3.17. The highest BCUT2D eigenvalue weighted by molar-refractivity contribution is 7.88. The van der Waals surface area contributed by atoms with E-state index in [2.05, 4.69) is 5.32 Å². The minimum Gasteiger partial charge on any atom is -0.427 e. The van der Waals surface area contributed by atoms with Crippen LogP contribution in [0.15, 0.2) is 24.3 Å². The Bertz CT molecular complexity index is 694. The second kappa shape index (κ2) is 7.10. The Morgan fingerprint density at radius 2 is 1.91 bits per heavy atom. The summed E-state index contributed by atoms with van der Waals surface area (Å²) in [5.41, 5.74) is 0.397. The first kappa shape index (κ1) is 17.4. The lowest BCUT2D eigenvalue weighted by Crippen LogP contribution is -2.46. The predicted molar refractivity (Wildman–Crippen MR) is 84.7 cm³/mol. The van der Waals surface area contributed by atoms with Gasteiger partial charge in [0.1, 0.15) is 5.75 Å². The van der Waals surface area contributed by atoms with Crippen molar-refractivity contribution in [3.05, 3.63) is 29.8 Å². The fraction of sp³-hybridized carbons (Fsp3) is 0.467. The third-order valence-electron chi connectivity index (χ3n) is 3.62. The molecule has 1 saturated heterocycles. The molecule has 1 aliphatic heterocycles. The van der Waals surface area contributed by atoms with E-state index in [1.54, 1.807) is 18.2 Å². The van der Waals surface area contributed by atoms with Gasteiger partial charge in [-0.1, -0.05) is 6.07 Å². The molecule has 7 nitrogen and oxygen atoms in total. The Hall–Kier alpha value is -1.93. The highest BCUT2D eigenvalue weighted by atomic mass is 32.2. The number of hydrogen-bond donors (Lipinski definition) is 1. The number of carbonyl (C=O) groups is 2. The first-order valence-electron chi connectivity index (χ1n) is 7.30. The van der Waals surface area contributed by atoms with E-state index in [1.807, 2.05) is 0 Å². The standard InChI is InChI=1S/C15H20N2O5S/c1-11(18)22-14-5-3-4-12(10-14)15(19)16-13-6-8-17(9-7-13)23(2,20)21/h3-5,10,13H,6-9H2,1-2H3,(H,16,19). The first-order valence-corrected chi connectivity index (χ1v) is 9.15. The zero-order chi connectivity index (χ0) is 17.0. The molecule has 0 spiro atoms. The van der Waals surface area contributed by atoms with E-state index in [9.17, 15) is 18.0 Å². The van der Waals surface area contributed by atoms with Crippen molar-refractivity contribution in [1.82, 2.24) is 9.62 Å². The van der Waals surface area contributed by atoms with Crippen molar-refractivity contribution < 1.29 is 22.7 Å². The summed E-state index contributed by atoms with van der Waals surface area (Å²) in [4.78, 5) is 23.2. The van der Waals surface area contributed by atoms with E-state index in [-0.39, 0.29) is 11.9 Å². The zero-order valence-corrected chi connectivity index (χ0v) is 13.9. The van der Waals surface area contributed by atoms with Crippen LogP contribution in [0.3, 0.4) is 0 Å². The maximum atomic E-state index is 12.2. The number of benzene rings is 1. The summed E-state index contributed by atoms with van der Waals surface area (Å²) in [7, 11) is -3.17. The van der Waals surface area contributed by atoms with Crippen molar-refractivity contribution in [3.63, 3.8) is 0 Å². The molecule has 1 fully saturated rings. The number of ether oxygens (including phenoxy) is 1. The lowest BCUT2D eigenvalue weighted by Gasteiger charge is -2.30. The van der Waals surface area contributed by atoms with Crippen LogP contribution in [0.2, 0.25) is 0 Å². The number of hydrogen-bond acceptors (Lipinski definition) is 5. The molecule has 0 radical (unpaired) electrons. The summed E-state index contributed by atoms with van der Waals surface area (Å²) in [6.07, 6.45) is 2.33. The minimum absolute atomic E-state index is 0.0714. The predicted octanol–water partition coefficient (Wildman–Crippen LogP) is 0.766. The largest absolute Gasteiger partial charge is 0.427 e. The van der Waals surface area contributed by atoms with Crippen LogP contribution in [0, 0.1) is 0 Å². The van der Waals surface area contributed by atoms with Crippen molar-refractivity contribution in [3.8, 4) is 5.75 Å². The smallest absolute Gasteiger partial charge is 0.308 e. The van der Waals surface area contributed by atoms with Gasteiger partial charge in [0.2, 0.25) is 10.0 Å². The average molecular weight is 340 g/mol. The van der Waals surface area contributed by atoms with E-state index < -0.39 is 16.0 Å². The molecule has 0 saturated carbocycles. The Balaban J connectivity index is 1.94.